The highest BCUT2D eigenvalue weighted by atomic mass is 16.1. The lowest BCUT2D eigenvalue weighted by Crippen LogP contribution is -2.63. The van der Waals surface area contributed by atoms with Crippen LogP contribution in [0, 0.1) is 5.92 Å². The first kappa shape index (κ1) is 22.5. The zero-order chi connectivity index (χ0) is 23.6. The average Bonchev–Trinajstić information content (AvgIpc) is 3.37. The molecule has 9 N–H and O–H groups in total. The largest absolute Gasteiger partial charge is 0.399 e. The number of carbonyl (C=O) groups excluding carboxylic acids is 1. The fourth-order valence-corrected chi connectivity index (χ4v) is 3.83. The third-order valence-electron chi connectivity index (χ3n) is 5.69. The predicted molar refractivity (Wildman–Crippen MR) is 132 cm³/mol. The number of amidine groups is 1. The molecule has 2 atom stereocenters. The number of rotatable bonds is 7. The summed E-state index contributed by atoms with van der Waals surface area (Å²) in [6.07, 6.45) is 2.41. The van der Waals surface area contributed by atoms with E-state index in [1.165, 1.54) is 0 Å². The van der Waals surface area contributed by atoms with Crippen molar-refractivity contribution in [1.82, 2.24) is 5.43 Å². The Morgan fingerprint density at radius 3 is 2.45 bits per heavy atom. The molecule has 0 fully saturated rings. The quantitative estimate of drug-likeness (QED) is 0.242. The minimum Gasteiger partial charge on any atom is -0.399 e. The van der Waals surface area contributed by atoms with E-state index in [1.54, 1.807) is 18.2 Å². The highest BCUT2D eigenvalue weighted by Crippen LogP contribution is 2.27. The third kappa shape index (κ3) is 5.06. The van der Waals surface area contributed by atoms with Crippen LogP contribution in [0.3, 0.4) is 0 Å². The lowest BCUT2D eigenvalue weighted by Gasteiger charge is -2.17. The van der Waals surface area contributed by atoms with Crippen molar-refractivity contribution in [3.63, 3.8) is 0 Å². The van der Waals surface area contributed by atoms with Gasteiger partial charge in [-0.05, 0) is 37.1 Å². The monoisotopic (exact) mass is 444 g/mol. The van der Waals surface area contributed by atoms with Gasteiger partial charge in [0.05, 0.1) is 23.4 Å². The lowest BCUT2D eigenvalue weighted by molar-refractivity contribution is 0.100. The molecular weight excluding hydrogens is 416 g/mol. The van der Waals surface area contributed by atoms with Crippen molar-refractivity contribution < 1.29 is 4.79 Å². The summed E-state index contributed by atoms with van der Waals surface area (Å²) >= 11 is 0. The first-order valence-corrected chi connectivity index (χ1v) is 10.7. The van der Waals surface area contributed by atoms with Crippen LogP contribution >= 0.6 is 0 Å². The van der Waals surface area contributed by atoms with Gasteiger partial charge in [0.2, 0.25) is 0 Å². The topological polar surface area (TPSA) is 170 Å². The minimum atomic E-state index is -1.56. The normalized spacial score (nSPS) is 21.5. The van der Waals surface area contributed by atoms with Crippen molar-refractivity contribution in [2.45, 2.75) is 25.2 Å². The number of hydrogen-bond acceptors (Lipinski definition) is 8. The summed E-state index contributed by atoms with van der Waals surface area (Å²) in [7, 11) is 0. The summed E-state index contributed by atoms with van der Waals surface area (Å²) in [5, 5.41) is 4.49. The number of aliphatic imine (C=N–C) groups is 2. The van der Waals surface area contributed by atoms with Crippen molar-refractivity contribution in [2.75, 3.05) is 12.3 Å². The van der Waals surface area contributed by atoms with E-state index >= 15 is 0 Å². The van der Waals surface area contributed by atoms with Crippen LogP contribution < -0.4 is 28.4 Å². The number of nitrogen functional groups attached to an aromatic ring is 1. The molecule has 33 heavy (non-hydrogen) atoms. The molecule has 2 heterocycles. The van der Waals surface area contributed by atoms with E-state index in [2.05, 4.69) is 15.5 Å². The Kier molecular flexibility index (Phi) is 6.19. The summed E-state index contributed by atoms with van der Waals surface area (Å²) in [6.45, 7) is 2.01. The van der Waals surface area contributed by atoms with Gasteiger partial charge in [0, 0.05) is 16.8 Å². The second-order valence-corrected chi connectivity index (χ2v) is 8.33. The van der Waals surface area contributed by atoms with E-state index in [4.69, 9.17) is 27.9 Å². The molecule has 2 aromatic carbocycles. The summed E-state index contributed by atoms with van der Waals surface area (Å²) in [6, 6.07) is 16.4. The molecule has 4 rings (SSSR count). The number of anilines is 1. The molecule has 0 bridgehead atoms. The van der Waals surface area contributed by atoms with Crippen LogP contribution in [0.2, 0.25) is 0 Å². The molecule has 0 amide bonds. The van der Waals surface area contributed by atoms with Gasteiger partial charge in [0.1, 0.15) is 12.4 Å². The number of nitrogens with two attached hydrogens (primary N) is 4. The van der Waals surface area contributed by atoms with Crippen molar-refractivity contribution in [3.8, 4) is 0 Å². The zero-order valence-electron chi connectivity index (χ0n) is 18.4. The van der Waals surface area contributed by atoms with E-state index in [9.17, 15) is 4.79 Å². The van der Waals surface area contributed by atoms with Crippen molar-refractivity contribution >= 4 is 28.7 Å². The van der Waals surface area contributed by atoms with Gasteiger partial charge in [-0.2, -0.15) is 5.10 Å². The van der Waals surface area contributed by atoms with Crippen LogP contribution in [0.15, 0.2) is 81.3 Å². The molecule has 9 heteroatoms. The minimum absolute atomic E-state index is 0.0344. The Bertz CT molecular complexity index is 1160. The van der Waals surface area contributed by atoms with Crippen molar-refractivity contribution in [1.29, 1.82) is 0 Å². The molecule has 0 saturated heterocycles. The van der Waals surface area contributed by atoms with Crippen LogP contribution in [-0.4, -0.2) is 41.4 Å². The van der Waals surface area contributed by atoms with Crippen molar-refractivity contribution in [2.24, 2.45) is 38.2 Å². The molecule has 0 aliphatic carbocycles. The van der Waals surface area contributed by atoms with Crippen LogP contribution in [0.25, 0.3) is 0 Å². The van der Waals surface area contributed by atoms with E-state index < -0.39 is 5.79 Å². The van der Waals surface area contributed by atoms with Gasteiger partial charge >= 0.3 is 0 Å². The maximum absolute atomic E-state index is 12.4. The van der Waals surface area contributed by atoms with Gasteiger partial charge in [-0.15, -0.1) is 0 Å². The van der Waals surface area contributed by atoms with Crippen LogP contribution in [-0.2, 0) is 6.42 Å². The molecule has 0 spiro atoms. The van der Waals surface area contributed by atoms with Gasteiger partial charge < -0.3 is 5.73 Å². The third-order valence-corrected chi connectivity index (χ3v) is 5.69. The maximum Gasteiger partial charge on any atom is 0.184 e. The van der Waals surface area contributed by atoms with E-state index in [0.717, 1.165) is 16.8 Å². The number of benzene rings is 2. The number of nitrogens with one attached hydrogen (secondary N) is 1. The van der Waals surface area contributed by atoms with Gasteiger partial charge in [-0.3, -0.25) is 37.4 Å². The summed E-state index contributed by atoms with van der Waals surface area (Å²) < 4.78 is 0. The van der Waals surface area contributed by atoms with E-state index in [-0.39, 0.29) is 24.3 Å². The SMILES string of the molecule is CC1C(=NCC(=O)c2ccccc2)NN=C1C1=CC(C(N)(N)N)=NC1Cc1ccc(N)cc1. The fraction of sp³-hybridized carbons (Fsp3) is 0.250. The standard InChI is InChI=1S/C24H28N8O/c1-14-22(31-32-23(14)29-13-20(33)16-5-3-2-4-6-16)18-12-21(24(26,27)28)30-19(18)11-15-7-9-17(25)10-8-15/h2-10,12,14,19H,11,13,25-28H2,1H3,(H,29,32). The Labute approximate surface area is 192 Å². The number of nitrogens with zero attached hydrogens (tertiary/aromatic N) is 3. The highest BCUT2D eigenvalue weighted by molar-refractivity contribution is 6.22. The molecule has 0 saturated carbocycles. The van der Waals surface area contributed by atoms with Gasteiger partial charge in [0.25, 0.3) is 0 Å². The Balaban J connectivity index is 1.53. The van der Waals surface area contributed by atoms with Crippen LogP contribution in [0.4, 0.5) is 5.69 Å². The van der Waals surface area contributed by atoms with E-state index in [0.29, 0.717) is 29.2 Å². The molecule has 2 aromatic rings. The Morgan fingerprint density at radius 2 is 1.79 bits per heavy atom. The summed E-state index contributed by atoms with van der Waals surface area (Å²) in [5.74, 6) is -1.16. The number of carbonyl (C=O) groups is 1. The van der Waals surface area contributed by atoms with E-state index in [1.807, 2.05) is 49.4 Å². The molecular formula is C24H28N8O. The average molecular weight is 445 g/mol. The fourth-order valence-electron chi connectivity index (χ4n) is 3.83. The number of hydrazone groups is 1. The molecule has 2 aliphatic rings. The molecule has 170 valence electrons. The van der Waals surface area contributed by atoms with Gasteiger partial charge in [-0.1, -0.05) is 42.5 Å². The first-order chi connectivity index (χ1) is 15.7. The molecule has 2 aliphatic heterocycles. The zero-order valence-corrected chi connectivity index (χ0v) is 18.4. The van der Waals surface area contributed by atoms with Crippen LogP contribution in [0.1, 0.15) is 22.8 Å². The second kappa shape index (κ2) is 9.07. The van der Waals surface area contributed by atoms with Crippen molar-refractivity contribution in [3.05, 3.63) is 77.4 Å². The second-order valence-electron chi connectivity index (χ2n) is 8.33. The summed E-state index contributed by atoms with van der Waals surface area (Å²) in [4.78, 5) is 21.6. The smallest absolute Gasteiger partial charge is 0.184 e. The number of hydrogen-bond donors (Lipinski definition) is 5. The Hall–Kier alpha value is -3.66. The first-order valence-electron chi connectivity index (χ1n) is 10.7. The number of Topliss-reactive ketones (excluding diaryl/α,β-unsaturated/α-hetero) is 1. The maximum atomic E-state index is 12.4. The highest BCUT2D eigenvalue weighted by Gasteiger charge is 2.36. The van der Waals surface area contributed by atoms with Gasteiger partial charge in [-0.25, -0.2) is 0 Å². The molecule has 0 radical (unpaired) electrons. The molecule has 2 unspecified atom stereocenters. The molecule has 0 aromatic heterocycles. The van der Waals surface area contributed by atoms with Crippen LogP contribution in [0.5, 0.6) is 0 Å². The molecule has 9 nitrogen and oxygen atoms in total. The lowest BCUT2D eigenvalue weighted by atomic mass is 9.90. The summed E-state index contributed by atoms with van der Waals surface area (Å²) in [5.41, 5.74) is 31.0. The van der Waals surface area contributed by atoms with Gasteiger partial charge in [0.15, 0.2) is 11.6 Å². The predicted octanol–water partition coefficient (Wildman–Crippen LogP) is 0.968. The Morgan fingerprint density at radius 1 is 1.09 bits per heavy atom. The number of ketones is 1.